The van der Waals surface area contributed by atoms with Crippen LogP contribution in [0, 0.1) is 5.82 Å². The van der Waals surface area contributed by atoms with Crippen molar-refractivity contribution in [2.45, 2.75) is 19.9 Å². The van der Waals surface area contributed by atoms with E-state index in [2.05, 4.69) is 10.6 Å². The van der Waals surface area contributed by atoms with Gasteiger partial charge in [-0.3, -0.25) is 14.9 Å². The molecule has 1 heterocycles. The highest BCUT2D eigenvalue weighted by atomic mass is 19.1. The third kappa shape index (κ3) is 4.87. The fourth-order valence-electron chi connectivity index (χ4n) is 3.59. The molecular weight excluding hydrogens is 423 g/mol. The van der Waals surface area contributed by atoms with Gasteiger partial charge in [0.2, 0.25) is 0 Å². The van der Waals surface area contributed by atoms with Crippen LogP contribution in [-0.4, -0.2) is 23.5 Å². The maximum Gasteiger partial charge on any atom is 0.260 e. The van der Waals surface area contributed by atoms with Crippen LogP contribution in [-0.2, 0) is 11.3 Å². The lowest BCUT2D eigenvalue weighted by Gasteiger charge is -2.19. The van der Waals surface area contributed by atoms with Crippen molar-refractivity contribution < 1.29 is 23.8 Å². The van der Waals surface area contributed by atoms with Gasteiger partial charge in [0, 0.05) is 23.9 Å². The highest BCUT2D eigenvalue weighted by molar-refractivity contribution is 6.31. The summed E-state index contributed by atoms with van der Waals surface area (Å²) in [5.41, 5.74) is 3.23. The number of amides is 2. The van der Waals surface area contributed by atoms with E-state index < -0.39 is 11.8 Å². The van der Waals surface area contributed by atoms with Crippen LogP contribution < -0.4 is 15.4 Å². The molecule has 6 nitrogen and oxygen atoms in total. The Morgan fingerprint density at radius 3 is 2.58 bits per heavy atom. The summed E-state index contributed by atoms with van der Waals surface area (Å²) in [4.78, 5) is 24.9. The molecule has 0 bridgehead atoms. The van der Waals surface area contributed by atoms with E-state index in [4.69, 9.17) is 4.74 Å². The van der Waals surface area contributed by atoms with E-state index in [0.29, 0.717) is 41.2 Å². The van der Waals surface area contributed by atoms with Crippen LogP contribution in [0.4, 0.5) is 4.39 Å². The number of halogens is 1. The number of phenols is 1. The molecule has 2 amide bonds. The zero-order valence-electron chi connectivity index (χ0n) is 18.0. The van der Waals surface area contributed by atoms with Gasteiger partial charge in [0.15, 0.2) is 11.5 Å². The SMILES string of the molecule is CCCOc1ccc(CN/C=C2\C(=O)NC(=O)c3ccc(-c4cccc(F)c4)cc32)cc1O. The first-order valence-electron chi connectivity index (χ1n) is 10.6. The number of aromatic hydroxyl groups is 1. The number of benzene rings is 3. The number of fused-ring (bicyclic) bond motifs is 1. The van der Waals surface area contributed by atoms with Gasteiger partial charge in [-0.1, -0.05) is 31.2 Å². The van der Waals surface area contributed by atoms with Gasteiger partial charge in [-0.2, -0.15) is 0 Å². The maximum atomic E-state index is 13.7. The van der Waals surface area contributed by atoms with Gasteiger partial charge in [0.25, 0.3) is 11.8 Å². The van der Waals surface area contributed by atoms with Crippen LogP contribution in [0.25, 0.3) is 16.7 Å². The molecule has 33 heavy (non-hydrogen) atoms. The van der Waals surface area contributed by atoms with E-state index in [1.54, 1.807) is 42.5 Å². The van der Waals surface area contributed by atoms with Gasteiger partial charge in [0.1, 0.15) is 5.82 Å². The number of rotatable bonds is 7. The Hall–Kier alpha value is -4.13. The summed E-state index contributed by atoms with van der Waals surface area (Å²) in [6.45, 7) is 2.84. The molecule has 0 spiro atoms. The minimum absolute atomic E-state index is 0.0430. The normalized spacial score (nSPS) is 14.1. The fourth-order valence-corrected chi connectivity index (χ4v) is 3.59. The topological polar surface area (TPSA) is 87.7 Å². The van der Waals surface area contributed by atoms with Gasteiger partial charge in [-0.05, 0) is 59.5 Å². The lowest BCUT2D eigenvalue weighted by molar-refractivity contribution is -0.114. The van der Waals surface area contributed by atoms with Crippen molar-refractivity contribution in [3.63, 3.8) is 0 Å². The highest BCUT2D eigenvalue weighted by Crippen LogP contribution is 2.30. The summed E-state index contributed by atoms with van der Waals surface area (Å²) in [5, 5.41) is 15.5. The zero-order chi connectivity index (χ0) is 23.4. The second-order valence-corrected chi connectivity index (χ2v) is 7.64. The molecule has 0 unspecified atom stereocenters. The molecule has 0 atom stereocenters. The number of hydrogen-bond acceptors (Lipinski definition) is 5. The molecule has 0 radical (unpaired) electrons. The first kappa shape index (κ1) is 22.1. The summed E-state index contributed by atoms with van der Waals surface area (Å²) >= 11 is 0. The minimum Gasteiger partial charge on any atom is -0.504 e. The lowest BCUT2D eigenvalue weighted by atomic mass is 9.91. The Morgan fingerprint density at radius 1 is 1.00 bits per heavy atom. The average molecular weight is 446 g/mol. The van der Waals surface area contributed by atoms with Crippen LogP contribution in [0.1, 0.15) is 34.8 Å². The van der Waals surface area contributed by atoms with Crippen LogP contribution >= 0.6 is 0 Å². The van der Waals surface area contributed by atoms with Crippen molar-refractivity contribution in [1.29, 1.82) is 0 Å². The standard InChI is InChI=1S/C26H23FN2O4/c1-2-10-33-24-9-6-16(11-23(24)30)14-28-15-22-21-13-18(17-4-3-5-19(27)12-17)7-8-20(21)25(31)29-26(22)32/h3-9,11-13,15,28,30H,2,10,14H2,1H3,(H,29,31,32)/b22-15-. The van der Waals surface area contributed by atoms with Crippen LogP contribution in [0.5, 0.6) is 11.5 Å². The molecule has 3 N–H and O–H groups in total. The third-order valence-electron chi connectivity index (χ3n) is 5.22. The Bertz CT molecular complexity index is 1250. The van der Waals surface area contributed by atoms with E-state index >= 15 is 0 Å². The molecule has 0 aliphatic carbocycles. The second-order valence-electron chi connectivity index (χ2n) is 7.64. The quantitative estimate of drug-likeness (QED) is 0.370. The molecule has 0 aromatic heterocycles. The summed E-state index contributed by atoms with van der Waals surface area (Å²) in [6.07, 6.45) is 2.37. The van der Waals surface area contributed by atoms with Gasteiger partial charge >= 0.3 is 0 Å². The monoisotopic (exact) mass is 446 g/mol. The predicted molar refractivity (Wildman–Crippen MR) is 123 cm³/mol. The Kier molecular flexibility index (Phi) is 6.40. The molecule has 1 aliphatic rings. The molecule has 0 saturated heterocycles. The van der Waals surface area contributed by atoms with Gasteiger partial charge < -0.3 is 15.2 Å². The third-order valence-corrected chi connectivity index (χ3v) is 5.22. The first-order valence-corrected chi connectivity index (χ1v) is 10.6. The van der Waals surface area contributed by atoms with Crippen molar-refractivity contribution >= 4 is 17.4 Å². The van der Waals surface area contributed by atoms with E-state index in [-0.39, 0.29) is 17.1 Å². The van der Waals surface area contributed by atoms with Crippen LogP contribution in [0.2, 0.25) is 0 Å². The number of ether oxygens (including phenoxy) is 1. The summed E-state index contributed by atoms with van der Waals surface area (Å²) in [7, 11) is 0. The Labute approximate surface area is 190 Å². The second kappa shape index (κ2) is 9.56. The number of carbonyl (C=O) groups is 2. The zero-order valence-corrected chi connectivity index (χ0v) is 18.0. The molecule has 3 aromatic carbocycles. The van der Waals surface area contributed by atoms with Crippen molar-refractivity contribution in [3.8, 4) is 22.6 Å². The van der Waals surface area contributed by atoms with Gasteiger partial charge in [-0.25, -0.2) is 4.39 Å². The summed E-state index contributed by atoms with van der Waals surface area (Å²) in [5.74, 6) is -0.914. The number of imide groups is 1. The largest absolute Gasteiger partial charge is 0.504 e. The first-order chi connectivity index (χ1) is 16.0. The number of carbonyl (C=O) groups excluding carboxylic acids is 2. The summed E-state index contributed by atoms with van der Waals surface area (Å²) in [6, 6.07) is 16.3. The van der Waals surface area contributed by atoms with Crippen molar-refractivity contribution in [1.82, 2.24) is 10.6 Å². The fraction of sp³-hybridized carbons (Fsp3) is 0.154. The molecule has 0 saturated carbocycles. The maximum absolute atomic E-state index is 13.7. The Balaban J connectivity index is 1.58. The molecule has 4 rings (SSSR count). The number of nitrogens with one attached hydrogen (secondary N) is 2. The van der Waals surface area contributed by atoms with Crippen molar-refractivity contribution in [3.05, 3.63) is 89.4 Å². The van der Waals surface area contributed by atoms with Crippen molar-refractivity contribution in [2.24, 2.45) is 0 Å². The van der Waals surface area contributed by atoms with E-state index in [1.165, 1.54) is 18.3 Å². The van der Waals surface area contributed by atoms with Gasteiger partial charge in [0.05, 0.1) is 12.2 Å². The number of hydrogen-bond donors (Lipinski definition) is 3. The average Bonchev–Trinajstić information content (AvgIpc) is 2.80. The van der Waals surface area contributed by atoms with Crippen LogP contribution in [0.3, 0.4) is 0 Å². The molecule has 3 aromatic rings. The smallest absolute Gasteiger partial charge is 0.260 e. The number of phenolic OH excluding ortho intramolecular Hbond substituents is 1. The summed E-state index contributed by atoms with van der Waals surface area (Å²) < 4.78 is 19.1. The van der Waals surface area contributed by atoms with Crippen LogP contribution in [0.15, 0.2) is 66.9 Å². The van der Waals surface area contributed by atoms with Crippen molar-refractivity contribution in [2.75, 3.05) is 6.61 Å². The lowest BCUT2D eigenvalue weighted by Crippen LogP contribution is -2.37. The minimum atomic E-state index is -0.525. The van der Waals surface area contributed by atoms with E-state index in [9.17, 15) is 19.1 Å². The molecule has 168 valence electrons. The molecule has 7 heteroatoms. The molecular formula is C26H23FN2O4. The highest BCUT2D eigenvalue weighted by Gasteiger charge is 2.27. The predicted octanol–water partition coefficient (Wildman–Crippen LogP) is 4.39. The molecule has 1 aliphatic heterocycles. The van der Waals surface area contributed by atoms with E-state index in [1.807, 2.05) is 13.0 Å². The van der Waals surface area contributed by atoms with E-state index in [0.717, 1.165) is 12.0 Å². The van der Waals surface area contributed by atoms with Gasteiger partial charge in [-0.15, -0.1) is 0 Å². The Morgan fingerprint density at radius 2 is 1.82 bits per heavy atom. The molecule has 0 fully saturated rings.